The summed E-state index contributed by atoms with van der Waals surface area (Å²) in [5.74, 6) is 5.64. The van der Waals surface area contributed by atoms with Gasteiger partial charge in [-0.05, 0) is 25.1 Å². The van der Waals surface area contributed by atoms with E-state index in [0.717, 1.165) is 5.56 Å². The minimum atomic E-state index is -0.404. The minimum absolute atomic E-state index is 0.0257. The number of benzene rings is 1. The van der Waals surface area contributed by atoms with Gasteiger partial charge in [0.05, 0.1) is 12.3 Å². The van der Waals surface area contributed by atoms with Crippen LogP contribution in [0.5, 0.6) is 0 Å². The Morgan fingerprint density at radius 2 is 2.24 bits per heavy atom. The highest BCUT2D eigenvalue weighted by Crippen LogP contribution is 2.16. The van der Waals surface area contributed by atoms with Gasteiger partial charge in [-0.15, -0.1) is 0 Å². The van der Waals surface area contributed by atoms with Crippen molar-refractivity contribution in [2.75, 3.05) is 11.9 Å². The molecule has 0 radical (unpaired) electrons. The quantitative estimate of drug-likeness (QED) is 0.841. The van der Waals surface area contributed by atoms with E-state index in [0.29, 0.717) is 12.1 Å². The van der Waals surface area contributed by atoms with Crippen molar-refractivity contribution in [1.29, 1.82) is 0 Å². The van der Waals surface area contributed by atoms with Crippen molar-refractivity contribution in [2.24, 2.45) is 0 Å². The van der Waals surface area contributed by atoms with Crippen molar-refractivity contribution in [3.63, 3.8) is 0 Å². The van der Waals surface area contributed by atoms with Crippen molar-refractivity contribution >= 4 is 11.6 Å². The first-order chi connectivity index (χ1) is 10.2. The molecule has 1 aromatic heterocycles. The van der Waals surface area contributed by atoms with E-state index < -0.39 is 6.04 Å². The average molecular weight is 283 g/mol. The van der Waals surface area contributed by atoms with Crippen molar-refractivity contribution in [3.05, 3.63) is 48.3 Å². The van der Waals surface area contributed by atoms with Gasteiger partial charge in [0.25, 0.3) is 0 Å². The fourth-order valence-electron chi connectivity index (χ4n) is 1.78. The largest absolute Gasteiger partial charge is 0.395 e. The number of hydrogen-bond donors (Lipinski definition) is 2. The molecule has 2 rings (SSSR count). The van der Waals surface area contributed by atoms with Crippen molar-refractivity contribution < 1.29 is 9.90 Å². The lowest BCUT2D eigenvalue weighted by molar-refractivity contribution is -0.119. The van der Waals surface area contributed by atoms with E-state index in [1.807, 2.05) is 18.2 Å². The highest BCUT2D eigenvalue weighted by Gasteiger charge is 2.15. The number of carbonyl (C=O) groups excluding carboxylic acids is 1. The number of anilines is 1. The van der Waals surface area contributed by atoms with E-state index >= 15 is 0 Å². The third-order valence-electron chi connectivity index (χ3n) is 2.95. The molecule has 2 aromatic rings. The summed E-state index contributed by atoms with van der Waals surface area (Å²) in [6.07, 6.45) is 3.79. The van der Waals surface area contributed by atoms with Crippen LogP contribution in [0.2, 0.25) is 0 Å². The molecule has 2 N–H and O–H groups in total. The summed E-state index contributed by atoms with van der Waals surface area (Å²) in [6, 6.07) is 8.70. The summed E-state index contributed by atoms with van der Waals surface area (Å²) >= 11 is 0. The first-order valence-corrected chi connectivity index (χ1v) is 6.71. The van der Waals surface area contributed by atoms with Crippen LogP contribution in [-0.4, -0.2) is 27.4 Å². The zero-order valence-electron chi connectivity index (χ0n) is 11.8. The van der Waals surface area contributed by atoms with Crippen LogP contribution in [0.4, 0.5) is 5.69 Å². The summed E-state index contributed by atoms with van der Waals surface area (Å²) < 4.78 is 1.59. The number of aliphatic hydroxyl groups excluding tert-OH is 1. The van der Waals surface area contributed by atoms with Gasteiger partial charge in [-0.1, -0.05) is 24.0 Å². The molecule has 108 valence electrons. The van der Waals surface area contributed by atoms with Crippen LogP contribution in [-0.2, 0) is 4.79 Å². The van der Waals surface area contributed by atoms with Crippen molar-refractivity contribution in [2.45, 2.75) is 19.4 Å². The Kier molecular flexibility index (Phi) is 5.13. The second-order valence-corrected chi connectivity index (χ2v) is 4.47. The summed E-state index contributed by atoms with van der Waals surface area (Å²) in [7, 11) is 0. The molecule has 1 unspecified atom stereocenters. The molecule has 0 fully saturated rings. The number of hydrogen-bond acceptors (Lipinski definition) is 3. The van der Waals surface area contributed by atoms with Crippen LogP contribution >= 0.6 is 0 Å². The first-order valence-electron chi connectivity index (χ1n) is 6.71. The Morgan fingerprint density at radius 1 is 1.43 bits per heavy atom. The molecular formula is C16H17N3O2. The lowest BCUT2D eigenvalue weighted by Crippen LogP contribution is -2.24. The van der Waals surface area contributed by atoms with Gasteiger partial charge in [0.2, 0.25) is 5.91 Å². The van der Waals surface area contributed by atoms with Gasteiger partial charge in [-0.3, -0.25) is 9.48 Å². The molecular weight excluding hydrogens is 266 g/mol. The average Bonchev–Trinajstić information content (AvgIpc) is 3.02. The number of nitrogens with zero attached hydrogens (tertiary/aromatic N) is 2. The number of nitrogens with one attached hydrogen (secondary N) is 1. The van der Waals surface area contributed by atoms with Gasteiger partial charge in [0, 0.05) is 24.4 Å². The number of amides is 1. The maximum Gasteiger partial charge on any atom is 0.248 e. The maximum atomic E-state index is 12.2. The zero-order chi connectivity index (χ0) is 15.1. The van der Waals surface area contributed by atoms with Gasteiger partial charge in [-0.25, -0.2) is 0 Å². The second-order valence-electron chi connectivity index (χ2n) is 4.47. The van der Waals surface area contributed by atoms with Gasteiger partial charge >= 0.3 is 0 Å². The van der Waals surface area contributed by atoms with Crippen LogP contribution in [0.1, 0.15) is 24.9 Å². The zero-order valence-corrected chi connectivity index (χ0v) is 11.8. The monoisotopic (exact) mass is 283 g/mol. The Labute approximate surface area is 123 Å². The molecule has 0 spiro atoms. The van der Waals surface area contributed by atoms with Crippen LogP contribution < -0.4 is 5.32 Å². The molecule has 1 aromatic carbocycles. The van der Waals surface area contributed by atoms with Gasteiger partial charge in [-0.2, -0.15) is 5.10 Å². The molecule has 0 bridgehead atoms. The highest BCUT2D eigenvalue weighted by atomic mass is 16.2. The summed E-state index contributed by atoms with van der Waals surface area (Å²) in [5, 5.41) is 15.7. The first kappa shape index (κ1) is 14.8. The number of aliphatic hydroxyl groups is 1. The summed E-state index contributed by atoms with van der Waals surface area (Å²) in [4.78, 5) is 12.2. The minimum Gasteiger partial charge on any atom is -0.395 e. The molecule has 0 aliphatic carbocycles. The molecule has 1 heterocycles. The normalized spacial score (nSPS) is 11.3. The molecule has 5 nitrogen and oxygen atoms in total. The number of carbonyl (C=O) groups is 1. The maximum absolute atomic E-state index is 12.2. The lowest BCUT2D eigenvalue weighted by Gasteiger charge is -2.13. The van der Waals surface area contributed by atoms with Crippen LogP contribution in [0.15, 0.2) is 42.7 Å². The van der Waals surface area contributed by atoms with E-state index in [1.54, 1.807) is 36.1 Å². The molecule has 0 aliphatic rings. The Balaban J connectivity index is 2.13. The van der Waals surface area contributed by atoms with Crippen LogP contribution in [0, 0.1) is 11.8 Å². The van der Waals surface area contributed by atoms with Crippen LogP contribution in [0.3, 0.4) is 0 Å². The SMILES string of the molecule is CC(C(=O)Nc1ccccc1C#CCCO)n1cccn1. The van der Waals surface area contributed by atoms with Gasteiger partial charge in [0.15, 0.2) is 0 Å². The Bertz CT molecular complexity index is 654. The van der Waals surface area contributed by atoms with E-state index in [4.69, 9.17) is 5.11 Å². The summed E-state index contributed by atoms with van der Waals surface area (Å²) in [5.41, 5.74) is 1.39. The second kappa shape index (κ2) is 7.27. The predicted octanol–water partition coefficient (Wildman–Crippen LogP) is 1.82. The molecule has 21 heavy (non-hydrogen) atoms. The van der Waals surface area contributed by atoms with Crippen molar-refractivity contribution in [3.8, 4) is 11.8 Å². The molecule has 1 atom stereocenters. The highest BCUT2D eigenvalue weighted by molar-refractivity contribution is 5.94. The number of rotatable bonds is 4. The molecule has 0 saturated heterocycles. The smallest absolute Gasteiger partial charge is 0.248 e. The molecule has 5 heteroatoms. The predicted molar refractivity (Wildman–Crippen MR) is 80.6 cm³/mol. The van der Waals surface area contributed by atoms with Crippen LogP contribution in [0.25, 0.3) is 0 Å². The topological polar surface area (TPSA) is 67.2 Å². The van der Waals surface area contributed by atoms with E-state index in [9.17, 15) is 4.79 Å². The Hall–Kier alpha value is -2.58. The lowest BCUT2D eigenvalue weighted by atomic mass is 10.1. The van der Waals surface area contributed by atoms with Gasteiger partial charge in [0.1, 0.15) is 6.04 Å². The third-order valence-corrected chi connectivity index (χ3v) is 2.95. The fraction of sp³-hybridized carbons (Fsp3) is 0.250. The van der Waals surface area contributed by atoms with Gasteiger partial charge < -0.3 is 10.4 Å². The van der Waals surface area contributed by atoms with E-state index in [-0.39, 0.29) is 12.5 Å². The molecule has 0 saturated carbocycles. The standard InChI is InChI=1S/C16H17N3O2/c1-13(19-11-6-10-17-19)16(21)18-15-9-3-2-7-14(15)8-4-5-12-20/h2-3,6-7,9-11,13,20H,5,12H2,1H3,(H,18,21). The Morgan fingerprint density at radius 3 is 2.95 bits per heavy atom. The van der Waals surface area contributed by atoms with E-state index in [1.165, 1.54) is 0 Å². The molecule has 1 amide bonds. The molecule has 0 aliphatic heterocycles. The number of para-hydroxylation sites is 1. The third kappa shape index (κ3) is 3.94. The fourth-order valence-corrected chi connectivity index (χ4v) is 1.78. The van der Waals surface area contributed by atoms with Crippen molar-refractivity contribution in [1.82, 2.24) is 9.78 Å². The number of aromatic nitrogens is 2. The summed E-state index contributed by atoms with van der Waals surface area (Å²) in [6.45, 7) is 1.81. The van der Waals surface area contributed by atoms with E-state index in [2.05, 4.69) is 22.3 Å².